The molecule has 0 aromatic heterocycles. The van der Waals surface area contributed by atoms with Gasteiger partial charge in [-0.3, -0.25) is 0 Å². The average Bonchev–Trinajstić information content (AvgIpc) is 1.87. The first-order valence-electron chi connectivity index (χ1n) is 4.23. The zero-order valence-electron chi connectivity index (χ0n) is 7.63. The second-order valence-corrected chi connectivity index (χ2v) is 3.39. The van der Waals surface area contributed by atoms with E-state index in [4.69, 9.17) is 0 Å². The maximum Gasteiger partial charge on any atom is 0.235 e. The average molecular weight is 155 g/mol. The highest BCUT2D eigenvalue weighted by molar-refractivity contribution is 5.33. The van der Waals surface area contributed by atoms with E-state index in [9.17, 15) is 4.79 Å². The van der Waals surface area contributed by atoms with Crippen molar-refractivity contribution in [2.45, 2.75) is 46.1 Å². The van der Waals surface area contributed by atoms with Crippen molar-refractivity contribution in [2.24, 2.45) is 10.9 Å². The lowest BCUT2D eigenvalue weighted by Crippen LogP contribution is -1.98. The molecule has 0 rings (SSSR count). The number of aliphatic imine (C=N–C) groups is 1. The van der Waals surface area contributed by atoms with Gasteiger partial charge < -0.3 is 0 Å². The Hall–Kier alpha value is -0.620. The van der Waals surface area contributed by atoms with Crippen molar-refractivity contribution >= 4 is 6.08 Å². The Morgan fingerprint density at radius 3 is 2.36 bits per heavy atom. The van der Waals surface area contributed by atoms with Crippen LogP contribution in [0.3, 0.4) is 0 Å². The Morgan fingerprint density at radius 1 is 1.27 bits per heavy atom. The van der Waals surface area contributed by atoms with Crippen LogP contribution >= 0.6 is 0 Å². The molecule has 0 saturated heterocycles. The summed E-state index contributed by atoms with van der Waals surface area (Å²) in [6, 6.07) is 0.159. The molecule has 0 radical (unpaired) electrons. The number of hydrogen-bond donors (Lipinski definition) is 0. The third kappa shape index (κ3) is 7.27. The van der Waals surface area contributed by atoms with Crippen LogP contribution in [-0.4, -0.2) is 12.1 Å². The molecule has 0 amide bonds. The highest BCUT2D eigenvalue weighted by atomic mass is 16.1. The minimum atomic E-state index is 0.159. The minimum Gasteiger partial charge on any atom is -0.211 e. The van der Waals surface area contributed by atoms with Crippen LogP contribution in [-0.2, 0) is 4.79 Å². The monoisotopic (exact) mass is 155 g/mol. The molecule has 64 valence electrons. The lowest BCUT2D eigenvalue weighted by atomic mass is 10.0. The lowest BCUT2D eigenvalue weighted by molar-refractivity contribution is 0.507. The Bertz CT molecular complexity index is 136. The molecule has 0 aliphatic carbocycles. The summed E-state index contributed by atoms with van der Waals surface area (Å²) in [4.78, 5) is 13.4. The van der Waals surface area contributed by atoms with Gasteiger partial charge in [0.1, 0.15) is 0 Å². The van der Waals surface area contributed by atoms with Crippen molar-refractivity contribution in [2.75, 3.05) is 0 Å². The first-order chi connectivity index (χ1) is 5.16. The number of rotatable bonds is 5. The first kappa shape index (κ1) is 10.4. The molecule has 11 heavy (non-hydrogen) atoms. The van der Waals surface area contributed by atoms with Crippen LogP contribution in [0.2, 0.25) is 0 Å². The molecule has 0 aromatic carbocycles. The predicted octanol–water partition coefficient (Wildman–Crippen LogP) is 2.54. The van der Waals surface area contributed by atoms with Gasteiger partial charge in [0.2, 0.25) is 6.08 Å². The summed E-state index contributed by atoms with van der Waals surface area (Å²) in [5, 5.41) is 0. The van der Waals surface area contributed by atoms with Crippen molar-refractivity contribution in [3.8, 4) is 0 Å². The molecular formula is C9H17NO. The summed E-state index contributed by atoms with van der Waals surface area (Å²) in [5.41, 5.74) is 0. The molecule has 0 fully saturated rings. The summed E-state index contributed by atoms with van der Waals surface area (Å²) in [6.45, 7) is 6.35. The molecule has 0 N–H and O–H groups in total. The fraction of sp³-hybridized carbons (Fsp3) is 0.889. The molecule has 0 saturated carbocycles. The number of nitrogens with zero attached hydrogens (tertiary/aromatic N) is 1. The van der Waals surface area contributed by atoms with Gasteiger partial charge in [0.05, 0.1) is 6.04 Å². The fourth-order valence-electron chi connectivity index (χ4n) is 0.976. The van der Waals surface area contributed by atoms with Crippen molar-refractivity contribution in [3.63, 3.8) is 0 Å². The summed E-state index contributed by atoms with van der Waals surface area (Å²) in [7, 11) is 0. The Labute approximate surface area is 68.7 Å². The van der Waals surface area contributed by atoms with Gasteiger partial charge in [-0.15, -0.1) is 0 Å². The first-order valence-corrected chi connectivity index (χ1v) is 4.23. The molecular weight excluding hydrogens is 138 g/mol. The molecule has 0 aliphatic heterocycles. The van der Waals surface area contributed by atoms with E-state index in [1.807, 2.05) is 6.92 Å². The molecule has 0 unspecified atom stereocenters. The van der Waals surface area contributed by atoms with Crippen LogP contribution in [0.1, 0.15) is 40.0 Å². The van der Waals surface area contributed by atoms with Crippen LogP contribution in [0.25, 0.3) is 0 Å². The van der Waals surface area contributed by atoms with E-state index in [1.54, 1.807) is 6.08 Å². The van der Waals surface area contributed by atoms with Crippen molar-refractivity contribution < 1.29 is 4.79 Å². The SMILES string of the molecule is CC(C)CCC[C@@H](C)N=C=O. The van der Waals surface area contributed by atoms with E-state index in [1.165, 1.54) is 6.42 Å². The molecule has 0 aliphatic rings. The highest BCUT2D eigenvalue weighted by Crippen LogP contribution is 2.09. The van der Waals surface area contributed by atoms with E-state index in [-0.39, 0.29) is 6.04 Å². The third-order valence-electron chi connectivity index (χ3n) is 1.68. The van der Waals surface area contributed by atoms with Gasteiger partial charge in [0.15, 0.2) is 0 Å². The van der Waals surface area contributed by atoms with Crippen LogP contribution in [0, 0.1) is 5.92 Å². The minimum absolute atomic E-state index is 0.159. The second kappa shape index (κ2) is 6.11. The topological polar surface area (TPSA) is 29.4 Å². The van der Waals surface area contributed by atoms with Crippen molar-refractivity contribution in [3.05, 3.63) is 0 Å². The molecule has 2 heteroatoms. The predicted molar refractivity (Wildman–Crippen MR) is 46.3 cm³/mol. The van der Waals surface area contributed by atoms with E-state index < -0.39 is 0 Å². The highest BCUT2D eigenvalue weighted by Gasteiger charge is 1.99. The maximum absolute atomic E-state index is 9.82. The second-order valence-electron chi connectivity index (χ2n) is 3.39. The summed E-state index contributed by atoms with van der Waals surface area (Å²) < 4.78 is 0. The number of carbonyl (C=O) groups excluding carboxylic acids is 1. The number of hydrogen-bond acceptors (Lipinski definition) is 2. The van der Waals surface area contributed by atoms with Gasteiger partial charge in [0.25, 0.3) is 0 Å². The van der Waals surface area contributed by atoms with Gasteiger partial charge >= 0.3 is 0 Å². The standard InChI is InChI=1S/C9H17NO/c1-8(2)5-4-6-9(3)10-7-11/h8-9H,4-6H2,1-3H3/t9-/m1/s1. The summed E-state index contributed by atoms with van der Waals surface area (Å²) in [5.74, 6) is 0.752. The zero-order valence-corrected chi connectivity index (χ0v) is 7.63. The Morgan fingerprint density at radius 2 is 1.91 bits per heavy atom. The van der Waals surface area contributed by atoms with Gasteiger partial charge in [-0.1, -0.05) is 26.7 Å². The number of isocyanates is 1. The Balaban J connectivity index is 3.31. The Kier molecular flexibility index (Phi) is 5.77. The summed E-state index contributed by atoms with van der Waals surface area (Å²) >= 11 is 0. The van der Waals surface area contributed by atoms with E-state index in [0.29, 0.717) is 0 Å². The van der Waals surface area contributed by atoms with E-state index >= 15 is 0 Å². The van der Waals surface area contributed by atoms with Gasteiger partial charge in [0, 0.05) is 0 Å². The van der Waals surface area contributed by atoms with Crippen LogP contribution in [0.4, 0.5) is 0 Å². The third-order valence-corrected chi connectivity index (χ3v) is 1.68. The van der Waals surface area contributed by atoms with E-state index in [0.717, 1.165) is 18.8 Å². The zero-order chi connectivity index (χ0) is 8.69. The molecule has 1 atom stereocenters. The van der Waals surface area contributed by atoms with Crippen LogP contribution < -0.4 is 0 Å². The maximum atomic E-state index is 9.82. The molecule has 0 heterocycles. The largest absolute Gasteiger partial charge is 0.235 e. The molecule has 0 bridgehead atoms. The van der Waals surface area contributed by atoms with E-state index in [2.05, 4.69) is 18.8 Å². The van der Waals surface area contributed by atoms with Crippen LogP contribution in [0.15, 0.2) is 4.99 Å². The smallest absolute Gasteiger partial charge is 0.211 e. The lowest BCUT2D eigenvalue weighted by Gasteiger charge is -2.05. The molecule has 2 nitrogen and oxygen atoms in total. The molecule has 0 aromatic rings. The van der Waals surface area contributed by atoms with Crippen LogP contribution in [0.5, 0.6) is 0 Å². The normalized spacial score (nSPS) is 12.7. The molecule has 0 spiro atoms. The summed E-state index contributed by atoms with van der Waals surface area (Å²) in [6.07, 6.45) is 4.97. The fourth-order valence-corrected chi connectivity index (χ4v) is 0.976. The van der Waals surface area contributed by atoms with Gasteiger partial charge in [-0.2, -0.15) is 0 Å². The van der Waals surface area contributed by atoms with Gasteiger partial charge in [-0.05, 0) is 19.3 Å². The quantitative estimate of drug-likeness (QED) is 0.443. The van der Waals surface area contributed by atoms with Gasteiger partial charge in [-0.25, -0.2) is 9.79 Å². The van der Waals surface area contributed by atoms with Crippen molar-refractivity contribution in [1.29, 1.82) is 0 Å². The van der Waals surface area contributed by atoms with Crippen molar-refractivity contribution in [1.82, 2.24) is 0 Å².